The smallest absolute Gasteiger partial charge is 0.250 e. The number of amides is 1. The molecule has 0 bridgehead atoms. The van der Waals surface area contributed by atoms with E-state index in [-0.39, 0.29) is 17.4 Å². The predicted molar refractivity (Wildman–Crippen MR) is 85.4 cm³/mol. The molecule has 1 aromatic carbocycles. The number of methoxy groups -OCH3 is 1. The van der Waals surface area contributed by atoms with Crippen LogP contribution in [-0.4, -0.2) is 35.1 Å². The maximum atomic E-state index is 11.7. The number of benzene rings is 1. The lowest BCUT2D eigenvalue weighted by molar-refractivity contribution is -0.118. The van der Waals surface area contributed by atoms with E-state index >= 15 is 0 Å². The second-order valence-electron chi connectivity index (χ2n) is 4.17. The molecule has 2 aromatic rings. The molecule has 1 aromatic heterocycles. The van der Waals surface area contributed by atoms with Crippen LogP contribution in [0.1, 0.15) is 5.56 Å². The van der Waals surface area contributed by atoms with Crippen LogP contribution in [0.25, 0.3) is 0 Å². The molecule has 114 valence electrons. The zero-order valence-corrected chi connectivity index (χ0v) is 12.7. The topological polar surface area (TPSA) is 83.8 Å². The van der Waals surface area contributed by atoms with Gasteiger partial charge in [0.2, 0.25) is 5.91 Å². The summed E-state index contributed by atoms with van der Waals surface area (Å²) in [6.07, 6.45) is 3.03. The average molecular weight is 317 g/mol. The minimum atomic E-state index is -0.255. The third-order valence-corrected chi connectivity index (χ3v) is 3.56. The number of hydrazone groups is 1. The maximum Gasteiger partial charge on any atom is 0.250 e. The van der Waals surface area contributed by atoms with Gasteiger partial charge in [-0.1, -0.05) is 17.8 Å². The van der Waals surface area contributed by atoms with Crippen LogP contribution in [0.2, 0.25) is 0 Å². The van der Waals surface area contributed by atoms with Gasteiger partial charge in [-0.3, -0.25) is 4.79 Å². The largest absolute Gasteiger partial charge is 0.507 e. The Bertz CT molecular complexity index is 662. The molecule has 0 aliphatic rings. The van der Waals surface area contributed by atoms with Crippen molar-refractivity contribution in [3.05, 3.63) is 48.2 Å². The number of carbonyl (C=O) groups excluding carboxylic acids is 1. The van der Waals surface area contributed by atoms with E-state index in [1.54, 1.807) is 18.3 Å². The van der Waals surface area contributed by atoms with Gasteiger partial charge in [0.1, 0.15) is 11.5 Å². The average Bonchev–Trinajstić information content (AvgIpc) is 2.55. The molecule has 0 unspecified atom stereocenters. The van der Waals surface area contributed by atoms with Gasteiger partial charge in [-0.2, -0.15) is 5.10 Å². The number of nitrogens with one attached hydrogen (secondary N) is 1. The molecule has 0 atom stereocenters. The van der Waals surface area contributed by atoms with Gasteiger partial charge in [0.25, 0.3) is 0 Å². The molecule has 0 fully saturated rings. The van der Waals surface area contributed by atoms with E-state index in [1.165, 1.54) is 31.2 Å². The van der Waals surface area contributed by atoms with Gasteiger partial charge in [0.15, 0.2) is 0 Å². The lowest BCUT2D eigenvalue weighted by Crippen LogP contribution is -2.19. The van der Waals surface area contributed by atoms with E-state index in [1.807, 2.05) is 18.2 Å². The minimum absolute atomic E-state index is 0.0571. The van der Waals surface area contributed by atoms with Crippen LogP contribution >= 0.6 is 11.8 Å². The van der Waals surface area contributed by atoms with Crippen LogP contribution in [0.4, 0.5) is 0 Å². The van der Waals surface area contributed by atoms with Crippen LogP contribution in [-0.2, 0) is 4.79 Å². The number of rotatable bonds is 6. The molecule has 2 N–H and O–H groups in total. The van der Waals surface area contributed by atoms with Gasteiger partial charge in [-0.25, -0.2) is 10.4 Å². The molecule has 6 nitrogen and oxygen atoms in total. The standard InChI is InChI=1S/C15H15N3O3S/c1-21-12-5-6-13(19)11(8-12)9-17-18-14(20)10-22-15-4-2-3-7-16-15/h2-9,19H,10H2,1H3,(H,18,20). The Morgan fingerprint density at radius 2 is 2.32 bits per heavy atom. The highest BCUT2D eigenvalue weighted by molar-refractivity contribution is 7.99. The molecule has 1 heterocycles. The van der Waals surface area contributed by atoms with Gasteiger partial charge in [0, 0.05) is 11.8 Å². The number of aromatic hydroxyl groups is 1. The zero-order chi connectivity index (χ0) is 15.8. The van der Waals surface area contributed by atoms with E-state index < -0.39 is 0 Å². The van der Waals surface area contributed by atoms with Crippen LogP contribution in [0, 0.1) is 0 Å². The molecule has 2 rings (SSSR count). The van der Waals surface area contributed by atoms with Crippen LogP contribution in [0.15, 0.2) is 52.7 Å². The Hall–Kier alpha value is -2.54. The Morgan fingerprint density at radius 1 is 1.45 bits per heavy atom. The SMILES string of the molecule is COc1ccc(O)c(C=NNC(=O)CSc2ccccn2)c1. The lowest BCUT2D eigenvalue weighted by atomic mass is 10.2. The number of hydrogen-bond donors (Lipinski definition) is 2. The van der Waals surface area contributed by atoms with Crippen molar-refractivity contribution in [3.8, 4) is 11.5 Å². The maximum absolute atomic E-state index is 11.7. The Balaban J connectivity index is 1.85. The number of hydrogen-bond acceptors (Lipinski definition) is 6. The molecule has 0 radical (unpaired) electrons. The molecular formula is C15H15N3O3S. The van der Waals surface area contributed by atoms with Crippen LogP contribution < -0.4 is 10.2 Å². The van der Waals surface area contributed by atoms with E-state index in [0.29, 0.717) is 11.3 Å². The number of pyridine rings is 1. The molecule has 1 amide bonds. The molecule has 22 heavy (non-hydrogen) atoms. The number of carbonyl (C=O) groups is 1. The summed E-state index contributed by atoms with van der Waals surface area (Å²) in [4.78, 5) is 15.8. The molecule has 0 spiro atoms. The van der Waals surface area contributed by atoms with E-state index in [0.717, 1.165) is 5.03 Å². The Morgan fingerprint density at radius 3 is 3.05 bits per heavy atom. The molecular weight excluding hydrogens is 302 g/mol. The van der Waals surface area contributed by atoms with Gasteiger partial charge >= 0.3 is 0 Å². The number of aromatic nitrogens is 1. The summed E-state index contributed by atoms with van der Waals surface area (Å²) < 4.78 is 5.05. The summed E-state index contributed by atoms with van der Waals surface area (Å²) >= 11 is 1.32. The van der Waals surface area contributed by atoms with E-state index in [9.17, 15) is 9.90 Å². The summed E-state index contributed by atoms with van der Waals surface area (Å²) in [6, 6.07) is 10.3. The number of phenols is 1. The van der Waals surface area contributed by atoms with E-state index in [2.05, 4.69) is 15.5 Å². The fraction of sp³-hybridized carbons (Fsp3) is 0.133. The first-order valence-corrected chi connectivity index (χ1v) is 7.40. The second kappa shape index (κ2) is 8.04. The Kier molecular flexibility index (Phi) is 5.79. The fourth-order valence-corrected chi connectivity index (χ4v) is 2.19. The normalized spacial score (nSPS) is 10.6. The highest BCUT2D eigenvalue weighted by atomic mass is 32.2. The number of phenolic OH excluding ortho intramolecular Hbond substituents is 1. The quantitative estimate of drug-likeness (QED) is 0.484. The lowest BCUT2D eigenvalue weighted by Gasteiger charge is -2.03. The molecule has 7 heteroatoms. The second-order valence-corrected chi connectivity index (χ2v) is 5.17. The first-order valence-electron chi connectivity index (χ1n) is 6.42. The van der Waals surface area contributed by atoms with Crippen molar-refractivity contribution in [1.29, 1.82) is 0 Å². The van der Waals surface area contributed by atoms with Crippen molar-refractivity contribution in [2.45, 2.75) is 5.03 Å². The van der Waals surface area contributed by atoms with Crippen molar-refractivity contribution in [2.75, 3.05) is 12.9 Å². The van der Waals surface area contributed by atoms with Gasteiger partial charge in [-0.05, 0) is 30.3 Å². The number of nitrogens with zero attached hydrogens (tertiary/aromatic N) is 2. The summed E-state index contributed by atoms with van der Waals surface area (Å²) in [7, 11) is 1.53. The van der Waals surface area contributed by atoms with Gasteiger partial charge < -0.3 is 9.84 Å². The minimum Gasteiger partial charge on any atom is -0.507 e. The molecule has 0 aliphatic carbocycles. The van der Waals surface area contributed by atoms with Crippen molar-refractivity contribution in [3.63, 3.8) is 0 Å². The molecule has 0 saturated carbocycles. The first-order chi connectivity index (χ1) is 10.7. The van der Waals surface area contributed by atoms with E-state index in [4.69, 9.17) is 4.74 Å². The monoisotopic (exact) mass is 317 g/mol. The molecule has 0 aliphatic heterocycles. The van der Waals surface area contributed by atoms with Crippen LogP contribution in [0.5, 0.6) is 11.5 Å². The number of thioether (sulfide) groups is 1. The third kappa shape index (κ3) is 4.78. The van der Waals surface area contributed by atoms with Gasteiger partial charge in [0.05, 0.1) is 24.1 Å². The van der Waals surface area contributed by atoms with Crippen molar-refractivity contribution < 1.29 is 14.6 Å². The molecule has 0 saturated heterocycles. The first kappa shape index (κ1) is 15.8. The summed E-state index contributed by atoms with van der Waals surface area (Å²) in [5.74, 6) is 0.602. The predicted octanol–water partition coefficient (Wildman–Crippen LogP) is 2.04. The van der Waals surface area contributed by atoms with Crippen molar-refractivity contribution in [2.24, 2.45) is 5.10 Å². The summed E-state index contributed by atoms with van der Waals surface area (Å²) in [5, 5.41) is 14.3. The van der Waals surface area contributed by atoms with Crippen molar-refractivity contribution >= 4 is 23.9 Å². The third-order valence-electron chi connectivity index (χ3n) is 2.62. The fourth-order valence-electron chi connectivity index (χ4n) is 1.54. The Labute approximate surface area is 132 Å². The summed E-state index contributed by atoms with van der Waals surface area (Å²) in [6.45, 7) is 0. The van der Waals surface area contributed by atoms with Gasteiger partial charge in [-0.15, -0.1) is 0 Å². The zero-order valence-electron chi connectivity index (χ0n) is 11.9. The van der Waals surface area contributed by atoms with Crippen LogP contribution in [0.3, 0.4) is 0 Å². The highest BCUT2D eigenvalue weighted by Gasteiger charge is 2.03. The summed E-state index contributed by atoms with van der Waals surface area (Å²) in [5.41, 5.74) is 2.85. The van der Waals surface area contributed by atoms with Crippen molar-refractivity contribution in [1.82, 2.24) is 10.4 Å². The number of ether oxygens (including phenoxy) is 1. The highest BCUT2D eigenvalue weighted by Crippen LogP contribution is 2.21.